The van der Waals surface area contributed by atoms with Crippen LogP contribution in [-0.2, 0) is 16.9 Å². The number of aromatic nitrogens is 2. The summed E-state index contributed by atoms with van der Waals surface area (Å²) in [7, 11) is 0. The smallest absolute Gasteiger partial charge is 0.323 e. The second kappa shape index (κ2) is 14.7. The van der Waals surface area contributed by atoms with E-state index in [4.69, 9.17) is 0 Å². The third-order valence-electron chi connectivity index (χ3n) is 8.25. The van der Waals surface area contributed by atoms with Gasteiger partial charge in [-0.3, -0.25) is 19.1 Å². The highest BCUT2D eigenvalue weighted by Crippen LogP contribution is 2.32. The molecule has 1 unspecified atom stereocenters. The molecular weight excluding hydrogens is 630 g/mol. The molecule has 5 rings (SSSR count). The Labute approximate surface area is 283 Å². The standard InChI is InChI=1S/C35H39N7O5S/c1-22-10-16-26(17-11-22)48-40-29(33(45)46)21-36-31(43)28-20-30-32(44)41(18-7-19-42(30)39-28)35(3,4)24-12-14-25(15-13-24)37-34(47)38-27-9-6-5-8-23(27)2/h5-6,8-17,20,29,40H,7,18-19,21H2,1-4H3,(H,36,43)(H,45,46)(H2,37,38,47). The van der Waals surface area contributed by atoms with Gasteiger partial charge in [0.15, 0.2) is 5.69 Å². The van der Waals surface area contributed by atoms with Gasteiger partial charge in [0.05, 0.1) is 5.54 Å². The zero-order valence-electron chi connectivity index (χ0n) is 27.2. The van der Waals surface area contributed by atoms with Gasteiger partial charge in [-0.15, -0.1) is 0 Å². The van der Waals surface area contributed by atoms with E-state index in [1.54, 1.807) is 17.0 Å². The summed E-state index contributed by atoms with van der Waals surface area (Å²) in [6.07, 6.45) is 0.616. The Kier molecular flexibility index (Phi) is 10.5. The third kappa shape index (κ3) is 8.04. The van der Waals surface area contributed by atoms with E-state index in [9.17, 15) is 24.3 Å². The lowest BCUT2D eigenvalue weighted by molar-refractivity contribution is -0.138. The molecule has 12 nitrogen and oxygen atoms in total. The van der Waals surface area contributed by atoms with Gasteiger partial charge in [0.2, 0.25) is 0 Å². The summed E-state index contributed by atoms with van der Waals surface area (Å²) in [5.41, 5.74) is 3.82. The second-order valence-corrected chi connectivity index (χ2v) is 13.0. The van der Waals surface area contributed by atoms with Crippen LogP contribution in [-0.4, -0.2) is 62.7 Å². The summed E-state index contributed by atoms with van der Waals surface area (Å²) in [4.78, 5) is 53.9. The molecule has 1 aliphatic rings. The molecule has 4 aromatic rings. The highest BCUT2D eigenvalue weighted by molar-refractivity contribution is 7.97. The molecule has 5 N–H and O–H groups in total. The zero-order valence-corrected chi connectivity index (χ0v) is 28.1. The Morgan fingerprint density at radius 2 is 1.67 bits per heavy atom. The van der Waals surface area contributed by atoms with Crippen LogP contribution in [0.1, 0.15) is 57.9 Å². The van der Waals surface area contributed by atoms with Gasteiger partial charge in [0.1, 0.15) is 11.7 Å². The Hall–Kier alpha value is -5.14. The maximum atomic E-state index is 13.9. The number of hydrogen-bond acceptors (Lipinski definition) is 7. The first kappa shape index (κ1) is 34.2. The minimum absolute atomic E-state index is 0.0349. The fourth-order valence-corrected chi connectivity index (χ4v) is 6.08. The predicted octanol–water partition coefficient (Wildman–Crippen LogP) is 5.41. The van der Waals surface area contributed by atoms with Crippen LogP contribution >= 0.6 is 11.9 Å². The van der Waals surface area contributed by atoms with Crippen LogP contribution in [0.25, 0.3) is 0 Å². The summed E-state index contributed by atoms with van der Waals surface area (Å²) < 4.78 is 4.42. The maximum absolute atomic E-state index is 13.9. The van der Waals surface area contributed by atoms with Crippen molar-refractivity contribution in [1.82, 2.24) is 24.7 Å². The van der Waals surface area contributed by atoms with E-state index in [0.717, 1.165) is 27.3 Å². The molecule has 0 saturated carbocycles. The lowest BCUT2D eigenvalue weighted by Gasteiger charge is -2.38. The Morgan fingerprint density at radius 1 is 0.958 bits per heavy atom. The first-order chi connectivity index (χ1) is 22.9. The van der Waals surface area contributed by atoms with E-state index in [1.165, 1.54) is 22.7 Å². The number of benzene rings is 3. The molecule has 4 amide bonds. The maximum Gasteiger partial charge on any atom is 0.323 e. The molecule has 48 heavy (non-hydrogen) atoms. The number of aryl methyl sites for hydroxylation is 3. The van der Waals surface area contributed by atoms with Crippen molar-refractivity contribution >= 4 is 47.1 Å². The number of carboxylic acid groups (broad SMARTS) is 1. The van der Waals surface area contributed by atoms with Crippen molar-refractivity contribution in [3.05, 3.63) is 107 Å². The number of carbonyl (C=O) groups excluding carboxylic acids is 3. The molecule has 13 heteroatoms. The number of para-hydroxylation sites is 1. The summed E-state index contributed by atoms with van der Waals surface area (Å²) in [5, 5.41) is 22.4. The van der Waals surface area contributed by atoms with Gasteiger partial charge >= 0.3 is 12.0 Å². The van der Waals surface area contributed by atoms with Gasteiger partial charge in [0.25, 0.3) is 11.8 Å². The van der Waals surface area contributed by atoms with Crippen molar-refractivity contribution < 1.29 is 24.3 Å². The Bertz CT molecular complexity index is 1800. The van der Waals surface area contributed by atoms with Gasteiger partial charge in [-0.05, 0) is 87.5 Å². The Morgan fingerprint density at radius 3 is 2.35 bits per heavy atom. The van der Waals surface area contributed by atoms with Crippen LogP contribution in [0.3, 0.4) is 0 Å². The first-order valence-corrected chi connectivity index (χ1v) is 16.4. The zero-order chi connectivity index (χ0) is 34.4. The lowest BCUT2D eigenvalue weighted by atomic mass is 9.91. The van der Waals surface area contributed by atoms with Gasteiger partial charge in [-0.1, -0.05) is 48.0 Å². The van der Waals surface area contributed by atoms with Crippen LogP contribution in [0.5, 0.6) is 0 Å². The monoisotopic (exact) mass is 669 g/mol. The van der Waals surface area contributed by atoms with Crippen LogP contribution < -0.4 is 20.7 Å². The van der Waals surface area contributed by atoms with E-state index in [-0.39, 0.29) is 29.9 Å². The molecule has 0 fully saturated rings. The number of carbonyl (C=O) groups is 4. The highest BCUT2D eigenvalue weighted by Gasteiger charge is 2.36. The summed E-state index contributed by atoms with van der Waals surface area (Å²) >= 11 is 1.17. The third-order valence-corrected chi connectivity index (χ3v) is 9.16. The van der Waals surface area contributed by atoms with Gasteiger partial charge in [-0.25, -0.2) is 9.52 Å². The van der Waals surface area contributed by atoms with Crippen LogP contribution in [0.15, 0.2) is 83.8 Å². The van der Waals surface area contributed by atoms with E-state index in [0.29, 0.717) is 25.2 Å². The number of aliphatic carboxylic acids is 1. The number of anilines is 2. The summed E-state index contributed by atoms with van der Waals surface area (Å²) in [6, 6.07) is 22.5. The van der Waals surface area contributed by atoms with Crippen molar-refractivity contribution in [2.75, 3.05) is 23.7 Å². The normalized spacial score (nSPS) is 13.7. The molecule has 1 aliphatic heterocycles. The number of rotatable bonds is 11. The van der Waals surface area contributed by atoms with Crippen molar-refractivity contribution in [2.45, 2.75) is 57.1 Å². The van der Waals surface area contributed by atoms with Crippen molar-refractivity contribution in [3.8, 4) is 0 Å². The molecular formula is C35H39N7O5S. The van der Waals surface area contributed by atoms with E-state index in [1.807, 2.05) is 88.4 Å². The predicted molar refractivity (Wildman–Crippen MR) is 185 cm³/mol. The summed E-state index contributed by atoms with van der Waals surface area (Å²) in [6.45, 7) is 8.51. The van der Waals surface area contributed by atoms with E-state index < -0.39 is 23.5 Å². The molecule has 1 atom stereocenters. The molecule has 0 radical (unpaired) electrons. The minimum atomic E-state index is -1.11. The number of nitrogens with one attached hydrogen (secondary N) is 4. The fraction of sp³-hybridized carbons (Fsp3) is 0.286. The van der Waals surface area contributed by atoms with Crippen LogP contribution in [0, 0.1) is 13.8 Å². The molecule has 0 aliphatic carbocycles. The molecule has 1 aromatic heterocycles. The average Bonchev–Trinajstić information content (AvgIpc) is 3.42. The highest BCUT2D eigenvalue weighted by atomic mass is 32.2. The van der Waals surface area contributed by atoms with Gasteiger partial charge < -0.3 is 26.0 Å². The van der Waals surface area contributed by atoms with Crippen molar-refractivity contribution in [2.24, 2.45) is 0 Å². The van der Waals surface area contributed by atoms with Crippen molar-refractivity contribution in [1.29, 1.82) is 0 Å². The summed E-state index contributed by atoms with van der Waals surface area (Å²) in [5.74, 6) is -1.96. The number of hydrogen-bond donors (Lipinski definition) is 5. The number of fused-ring (bicyclic) bond motifs is 1. The fourth-order valence-electron chi connectivity index (χ4n) is 5.35. The quantitative estimate of drug-likeness (QED) is 0.133. The van der Waals surface area contributed by atoms with E-state index in [2.05, 4.69) is 25.8 Å². The number of carboxylic acids is 1. The number of amides is 4. The number of nitrogens with zero attached hydrogens (tertiary/aromatic N) is 3. The largest absolute Gasteiger partial charge is 0.480 e. The van der Waals surface area contributed by atoms with Crippen LogP contribution in [0.2, 0.25) is 0 Å². The molecule has 2 heterocycles. The second-order valence-electron chi connectivity index (χ2n) is 12.1. The SMILES string of the molecule is Cc1ccc(SNC(CNC(=O)c2cc3n(n2)CCCN(C(C)(C)c2ccc(NC(=O)Nc4ccccc4C)cc2)C3=O)C(=O)O)cc1. The molecule has 250 valence electrons. The minimum Gasteiger partial charge on any atom is -0.480 e. The van der Waals surface area contributed by atoms with E-state index >= 15 is 0 Å². The molecule has 3 aromatic carbocycles. The number of urea groups is 1. The van der Waals surface area contributed by atoms with Crippen molar-refractivity contribution in [3.63, 3.8) is 0 Å². The van der Waals surface area contributed by atoms with Crippen LogP contribution in [0.4, 0.5) is 16.2 Å². The first-order valence-electron chi connectivity index (χ1n) is 15.6. The lowest BCUT2D eigenvalue weighted by Crippen LogP contribution is -2.45. The molecule has 0 bridgehead atoms. The molecule has 0 spiro atoms. The van der Waals surface area contributed by atoms with Gasteiger partial charge in [0, 0.05) is 42.0 Å². The Balaban J connectivity index is 1.22. The molecule has 0 saturated heterocycles. The topological polar surface area (TPSA) is 158 Å². The van der Waals surface area contributed by atoms with Gasteiger partial charge in [-0.2, -0.15) is 5.10 Å². The average molecular weight is 670 g/mol.